The van der Waals surface area contributed by atoms with Crippen molar-refractivity contribution in [3.63, 3.8) is 0 Å². The van der Waals surface area contributed by atoms with Crippen LogP contribution in [-0.4, -0.2) is 38.1 Å². The molecule has 1 aromatic heterocycles. The number of aryl methyl sites for hydroxylation is 1. The third kappa shape index (κ3) is 2.09. The van der Waals surface area contributed by atoms with Gasteiger partial charge in [0.25, 0.3) is 10.0 Å². The number of hydroxylamine groups is 1. The maximum atomic E-state index is 11.9. The minimum Gasteiger partial charge on any atom is -0.477 e. The molecule has 16 heavy (non-hydrogen) atoms. The Bertz CT molecular complexity index is 504. The highest BCUT2D eigenvalue weighted by Crippen LogP contribution is 2.28. The second kappa shape index (κ2) is 4.50. The number of hydrogen-bond donors (Lipinski definition) is 1. The number of carboxylic acid groups (broad SMARTS) is 1. The lowest BCUT2D eigenvalue weighted by Crippen LogP contribution is -2.27. The number of carboxylic acids is 1. The Labute approximate surface area is 97.1 Å². The van der Waals surface area contributed by atoms with Crippen LogP contribution in [0.15, 0.2) is 10.3 Å². The van der Waals surface area contributed by atoms with Crippen LogP contribution in [0, 0.1) is 6.92 Å². The Morgan fingerprint density at radius 1 is 1.56 bits per heavy atom. The fourth-order valence-corrected chi connectivity index (χ4v) is 3.69. The van der Waals surface area contributed by atoms with E-state index in [1.807, 2.05) is 0 Å². The molecule has 0 aliphatic rings. The van der Waals surface area contributed by atoms with Gasteiger partial charge in [0.05, 0.1) is 7.11 Å². The Balaban J connectivity index is 3.44. The van der Waals surface area contributed by atoms with E-state index >= 15 is 0 Å². The topological polar surface area (TPSA) is 83.9 Å². The zero-order valence-corrected chi connectivity index (χ0v) is 10.6. The third-order valence-corrected chi connectivity index (χ3v) is 5.05. The van der Waals surface area contributed by atoms with Crippen molar-refractivity contribution in [3.8, 4) is 0 Å². The minimum absolute atomic E-state index is 0.207. The second-order valence-electron chi connectivity index (χ2n) is 2.98. The highest BCUT2D eigenvalue weighted by molar-refractivity contribution is 7.89. The number of sulfonamides is 1. The molecule has 90 valence electrons. The second-order valence-corrected chi connectivity index (χ2v) is 5.73. The standard InChI is InChI=1S/C8H11NO5S2/c1-5-4-15-6(8(10)11)7(5)16(12,13)9(2)14-3/h4H,1-3H3,(H,10,11). The molecule has 1 aromatic rings. The van der Waals surface area contributed by atoms with Crippen molar-refractivity contribution in [2.75, 3.05) is 14.2 Å². The molecular weight excluding hydrogens is 254 g/mol. The van der Waals surface area contributed by atoms with E-state index in [4.69, 9.17) is 5.11 Å². The number of rotatable bonds is 4. The highest BCUT2D eigenvalue weighted by atomic mass is 32.2. The molecule has 0 bridgehead atoms. The smallest absolute Gasteiger partial charge is 0.347 e. The zero-order chi connectivity index (χ0) is 12.5. The normalized spacial score (nSPS) is 12.0. The van der Waals surface area contributed by atoms with Gasteiger partial charge in [-0.2, -0.15) is 0 Å². The maximum absolute atomic E-state index is 11.9. The fourth-order valence-electron chi connectivity index (χ4n) is 1.13. The van der Waals surface area contributed by atoms with Crippen LogP contribution in [0.5, 0.6) is 0 Å². The number of carbonyl (C=O) groups is 1. The molecule has 0 fully saturated rings. The summed E-state index contributed by atoms with van der Waals surface area (Å²) in [7, 11) is -1.51. The average molecular weight is 265 g/mol. The number of aromatic carboxylic acids is 1. The first-order chi connectivity index (χ1) is 7.32. The number of hydrogen-bond acceptors (Lipinski definition) is 5. The molecule has 0 aliphatic heterocycles. The van der Waals surface area contributed by atoms with Crippen LogP contribution in [0.25, 0.3) is 0 Å². The molecule has 0 atom stereocenters. The van der Waals surface area contributed by atoms with Crippen LogP contribution in [0.4, 0.5) is 0 Å². The molecule has 0 aromatic carbocycles. The van der Waals surface area contributed by atoms with Gasteiger partial charge < -0.3 is 5.11 Å². The third-order valence-electron chi connectivity index (χ3n) is 1.97. The molecule has 0 saturated carbocycles. The molecule has 0 aliphatic carbocycles. The Hall–Kier alpha value is -0.960. The lowest BCUT2D eigenvalue weighted by Gasteiger charge is -2.14. The maximum Gasteiger partial charge on any atom is 0.347 e. The summed E-state index contributed by atoms with van der Waals surface area (Å²) in [5, 5.41) is 10.4. The average Bonchev–Trinajstić information content (AvgIpc) is 2.59. The van der Waals surface area contributed by atoms with Crippen molar-refractivity contribution in [2.45, 2.75) is 11.8 Å². The molecule has 1 heterocycles. The fraction of sp³-hybridized carbons (Fsp3) is 0.375. The predicted molar refractivity (Wildman–Crippen MR) is 58.0 cm³/mol. The van der Waals surface area contributed by atoms with E-state index in [9.17, 15) is 13.2 Å². The quantitative estimate of drug-likeness (QED) is 0.819. The van der Waals surface area contributed by atoms with Crippen molar-refractivity contribution in [1.29, 1.82) is 0 Å². The van der Waals surface area contributed by atoms with Gasteiger partial charge in [-0.3, -0.25) is 4.84 Å². The van der Waals surface area contributed by atoms with Gasteiger partial charge in [0.1, 0.15) is 9.77 Å². The van der Waals surface area contributed by atoms with Crippen molar-refractivity contribution >= 4 is 27.3 Å². The molecule has 8 heteroatoms. The number of nitrogens with zero attached hydrogens (tertiary/aromatic N) is 1. The lowest BCUT2D eigenvalue weighted by atomic mass is 10.3. The van der Waals surface area contributed by atoms with E-state index in [2.05, 4.69) is 4.84 Å². The summed E-state index contributed by atoms with van der Waals surface area (Å²) in [6.45, 7) is 1.54. The van der Waals surface area contributed by atoms with Gasteiger partial charge in [0.2, 0.25) is 0 Å². The van der Waals surface area contributed by atoms with E-state index in [0.29, 0.717) is 10.0 Å². The van der Waals surface area contributed by atoms with E-state index in [-0.39, 0.29) is 9.77 Å². The van der Waals surface area contributed by atoms with Crippen molar-refractivity contribution in [1.82, 2.24) is 4.47 Å². The van der Waals surface area contributed by atoms with Crippen LogP contribution < -0.4 is 0 Å². The molecule has 0 amide bonds. The first-order valence-corrected chi connectivity index (χ1v) is 6.48. The zero-order valence-electron chi connectivity index (χ0n) is 8.92. The molecule has 0 radical (unpaired) electrons. The van der Waals surface area contributed by atoms with Gasteiger partial charge in [0, 0.05) is 7.05 Å². The first kappa shape index (κ1) is 13.1. The highest BCUT2D eigenvalue weighted by Gasteiger charge is 2.30. The van der Waals surface area contributed by atoms with Crippen LogP contribution >= 0.6 is 11.3 Å². The summed E-state index contributed by atoms with van der Waals surface area (Å²) in [6, 6.07) is 0. The summed E-state index contributed by atoms with van der Waals surface area (Å²) in [5.41, 5.74) is 0.395. The number of thiophene rings is 1. The van der Waals surface area contributed by atoms with Gasteiger partial charge in [-0.1, -0.05) is 4.47 Å². The van der Waals surface area contributed by atoms with Gasteiger partial charge >= 0.3 is 5.97 Å². The van der Waals surface area contributed by atoms with E-state index in [1.54, 1.807) is 6.92 Å². The summed E-state index contributed by atoms with van der Waals surface area (Å²) in [6.07, 6.45) is 0. The molecule has 6 nitrogen and oxygen atoms in total. The van der Waals surface area contributed by atoms with Crippen molar-refractivity contribution in [3.05, 3.63) is 15.8 Å². The van der Waals surface area contributed by atoms with Crippen LogP contribution in [-0.2, 0) is 14.9 Å². The monoisotopic (exact) mass is 265 g/mol. The summed E-state index contributed by atoms with van der Waals surface area (Å²) < 4.78 is 24.5. The van der Waals surface area contributed by atoms with E-state index in [1.165, 1.54) is 19.5 Å². The van der Waals surface area contributed by atoms with E-state index in [0.717, 1.165) is 11.3 Å². The first-order valence-electron chi connectivity index (χ1n) is 4.16. The van der Waals surface area contributed by atoms with Gasteiger partial charge in [-0.05, 0) is 17.9 Å². The molecule has 0 spiro atoms. The molecular formula is C8H11NO5S2. The Morgan fingerprint density at radius 3 is 2.56 bits per heavy atom. The molecule has 0 unspecified atom stereocenters. The Morgan fingerprint density at radius 2 is 2.12 bits per heavy atom. The SMILES string of the molecule is CON(C)S(=O)(=O)c1c(C)csc1C(=O)O. The van der Waals surface area contributed by atoms with Crippen molar-refractivity contribution < 1.29 is 23.2 Å². The van der Waals surface area contributed by atoms with Gasteiger partial charge in [-0.25, -0.2) is 13.2 Å². The Kier molecular flexibility index (Phi) is 3.68. The molecule has 0 saturated heterocycles. The van der Waals surface area contributed by atoms with Gasteiger partial charge in [-0.15, -0.1) is 11.3 Å². The molecule has 1 rings (SSSR count). The largest absolute Gasteiger partial charge is 0.477 e. The van der Waals surface area contributed by atoms with Gasteiger partial charge in [0.15, 0.2) is 0 Å². The van der Waals surface area contributed by atoms with E-state index < -0.39 is 16.0 Å². The van der Waals surface area contributed by atoms with Crippen LogP contribution in [0.3, 0.4) is 0 Å². The molecule has 1 N–H and O–H groups in total. The van der Waals surface area contributed by atoms with Crippen LogP contribution in [0.2, 0.25) is 0 Å². The summed E-state index contributed by atoms with van der Waals surface area (Å²) in [4.78, 5) is 15.0. The minimum atomic E-state index is -3.91. The summed E-state index contributed by atoms with van der Waals surface area (Å²) >= 11 is 0.878. The lowest BCUT2D eigenvalue weighted by molar-refractivity contribution is -0.0259. The van der Waals surface area contributed by atoms with Crippen LogP contribution in [0.1, 0.15) is 15.2 Å². The predicted octanol–water partition coefficient (Wildman–Crippen LogP) is 0.937. The van der Waals surface area contributed by atoms with Crippen molar-refractivity contribution in [2.24, 2.45) is 0 Å². The summed E-state index contributed by atoms with van der Waals surface area (Å²) in [5.74, 6) is -1.26.